The Morgan fingerprint density at radius 1 is 1.24 bits per heavy atom. The number of carbonyl (C=O) groups excluding carboxylic acids is 1. The molecule has 2 aromatic carbocycles. The van der Waals surface area contributed by atoms with Crippen LogP contribution in [0.15, 0.2) is 46.9 Å². The molecule has 1 amide bonds. The van der Waals surface area contributed by atoms with Crippen molar-refractivity contribution in [3.05, 3.63) is 69.4 Å². The van der Waals surface area contributed by atoms with Gasteiger partial charge in [-0.15, -0.1) is 0 Å². The van der Waals surface area contributed by atoms with Crippen LogP contribution in [0, 0.1) is 12.7 Å². The van der Waals surface area contributed by atoms with Gasteiger partial charge in [0.05, 0.1) is 11.6 Å². The predicted octanol–water partition coefficient (Wildman–Crippen LogP) is 4.78. The van der Waals surface area contributed by atoms with Gasteiger partial charge in [-0.2, -0.15) is 0 Å². The molecule has 0 aliphatic rings. The molecule has 1 unspecified atom stereocenters. The molecule has 2 nitrogen and oxygen atoms in total. The molecule has 0 aliphatic heterocycles. The van der Waals surface area contributed by atoms with Crippen LogP contribution < -0.4 is 5.32 Å². The second-order valence-corrected chi connectivity index (χ2v) is 5.88. The second kappa shape index (κ2) is 6.85. The van der Waals surface area contributed by atoms with Crippen molar-refractivity contribution in [3.63, 3.8) is 0 Å². The van der Waals surface area contributed by atoms with Crippen LogP contribution >= 0.6 is 15.9 Å². The van der Waals surface area contributed by atoms with Gasteiger partial charge in [-0.3, -0.25) is 4.79 Å². The average Bonchev–Trinajstić information content (AvgIpc) is 2.48. The number of hydrogen-bond donors (Lipinski definition) is 1. The van der Waals surface area contributed by atoms with E-state index in [1.165, 1.54) is 6.07 Å². The Hall–Kier alpha value is -1.68. The number of aryl methyl sites for hydroxylation is 1. The Labute approximate surface area is 132 Å². The topological polar surface area (TPSA) is 29.1 Å². The monoisotopic (exact) mass is 349 g/mol. The van der Waals surface area contributed by atoms with Crippen molar-refractivity contribution in [1.82, 2.24) is 5.32 Å². The van der Waals surface area contributed by atoms with Gasteiger partial charge in [0.1, 0.15) is 5.82 Å². The normalized spacial score (nSPS) is 12.0. The SMILES string of the molecule is CCC(NC(=O)c1cc(C)ccc1F)c1ccc(Br)cc1. The van der Waals surface area contributed by atoms with Crippen LogP contribution in [0.5, 0.6) is 0 Å². The minimum absolute atomic E-state index is 0.0885. The molecule has 0 spiro atoms. The van der Waals surface area contributed by atoms with Crippen molar-refractivity contribution in [3.8, 4) is 0 Å². The molecule has 0 fully saturated rings. The van der Waals surface area contributed by atoms with Gasteiger partial charge in [0.15, 0.2) is 0 Å². The number of hydrogen-bond acceptors (Lipinski definition) is 1. The van der Waals surface area contributed by atoms with E-state index in [0.717, 1.165) is 22.0 Å². The molecular weight excluding hydrogens is 333 g/mol. The Morgan fingerprint density at radius 2 is 1.90 bits per heavy atom. The van der Waals surface area contributed by atoms with Gasteiger partial charge in [-0.05, 0) is 43.2 Å². The van der Waals surface area contributed by atoms with E-state index < -0.39 is 5.82 Å². The first kappa shape index (κ1) is 15.7. The molecular formula is C17H17BrFNO. The first-order chi connectivity index (χ1) is 10.0. The fourth-order valence-electron chi connectivity index (χ4n) is 2.17. The lowest BCUT2D eigenvalue weighted by Gasteiger charge is -2.18. The summed E-state index contributed by atoms with van der Waals surface area (Å²) in [5, 5.41) is 2.89. The van der Waals surface area contributed by atoms with E-state index >= 15 is 0 Å². The fraction of sp³-hybridized carbons (Fsp3) is 0.235. The Morgan fingerprint density at radius 3 is 2.52 bits per heavy atom. The van der Waals surface area contributed by atoms with E-state index in [9.17, 15) is 9.18 Å². The average molecular weight is 350 g/mol. The van der Waals surface area contributed by atoms with Gasteiger partial charge >= 0.3 is 0 Å². The number of rotatable bonds is 4. The quantitative estimate of drug-likeness (QED) is 0.845. The van der Waals surface area contributed by atoms with Crippen LogP contribution in [-0.2, 0) is 0 Å². The van der Waals surface area contributed by atoms with Crippen molar-refractivity contribution in [2.75, 3.05) is 0 Å². The zero-order valence-corrected chi connectivity index (χ0v) is 13.6. The standard InChI is InChI=1S/C17H17BrFNO/c1-3-16(12-5-7-13(18)8-6-12)20-17(21)14-10-11(2)4-9-15(14)19/h4-10,16H,3H2,1-2H3,(H,20,21). The molecule has 110 valence electrons. The van der Waals surface area contributed by atoms with Crippen LogP contribution in [0.1, 0.15) is 40.9 Å². The Balaban J connectivity index is 2.20. The first-order valence-electron chi connectivity index (χ1n) is 6.83. The molecule has 1 N–H and O–H groups in total. The first-order valence-corrected chi connectivity index (χ1v) is 7.63. The summed E-state index contributed by atoms with van der Waals surface area (Å²) in [4.78, 5) is 12.3. The van der Waals surface area contributed by atoms with Gasteiger partial charge in [0.25, 0.3) is 5.91 Å². The van der Waals surface area contributed by atoms with Crippen LogP contribution in [-0.4, -0.2) is 5.91 Å². The van der Waals surface area contributed by atoms with Crippen molar-refractivity contribution in [2.24, 2.45) is 0 Å². The zero-order valence-electron chi connectivity index (χ0n) is 12.0. The van der Waals surface area contributed by atoms with Crippen LogP contribution in [0.25, 0.3) is 0 Å². The lowest BCUT2D eigenvalue weighted by atomic mass is 10.0. The summed E-state index contributed by atoms with van der Waals surface area (Å²) in [6, 6.07) is 12.2. The molecule has 0 aliphatic carbocycles. The molecule has 1 atom stereocenters. The fourth-order valence-corrected chi connectivity index (χ4v) is 2.43. The van der Waals surface area contributed by atoms with Gasteiger partial charge in [0, 0.05) is 4.47 Å². The summed E-state index contributed by atoms with van der Waals surface area (Å²) in [6.45, 7) is 3.82. The maximum atomic E-state index is 13.8. The third-order valence-electron chi connectivity index (χ3n) is 3.35. The highest BCUT2D eigenvalue weighted by molar-refractivity contribution is 9.10. The lowest BCUT2D eigenvalue weighted by molar-refractivity contribution is 0.0931. The van der Waals surface area contributed by atoms with Gasteiger partial charge in [-0.1, -0.05) is 46.6 Å². The van der Waals surface area contributed by atoms with Crippen LogP contribution in [0.2, 0.25) is 0 Å². The summed E-state index contributed by atoms with van der Waals surface area (Å²) < 4.78 is 14.7. The molecule has 0 saturated heterocycles. The maximum Gasteiger partial charge on any atom is 0.254 e. The Kier molecular flexibility index (Phi) is 5.12. The predicted molar refractivity (Wildman–Crippen MR) is 85.8 cm³/mol. The van der Waals surface area contributed by atoms with Gasteiger partial charge < -0.3 is 5.32 Å². The van der Waals surface area contributed by atoms with Crippen LogP contribution in [0.4, 0.5) is 4.39 Å². The lowest BCUT2D eigenvalue weighted by Crippen LogP contribution is -2.29. The molecule has 0 saturated carbocycles. The summed E-state index contributed by atoms with van der Waals surface area (Å²) in [6.07, 6.45) is 0.737. The molecule has 4 heteroatoms. The van der Waals surface area contributed by atoms with Crippen molar-refractivity contribution >= 4 is 21.8 Å². The minimum atomic E-state index is -0.497. The highest BCUT2D eigenvalue weighted by atomic mass is 79.9. The third-order valence-corrected chi connectivity index (χ3v) is 3.88. The number of halogens is 2. The van der Waals surface area contributed by atoms with E-state index in [-0.39, 0.29) is 17.5 Å². The summed E-state index contributed by atoms with van der Waals surface area (Å²) in [5.41, 5.74) is 1.95. The van der Waals surface area contributed by atoms with E-state index in [1.54, 1.807) is 12.1 Å². The molecule has 21 heavy (non-hydrogen) atoms. The van der Waals surface area contributed by atoms with Crippen molar-refractivity contribution in [2.45, 2.75) is 26.3 Å². The minimum Gasteiger partial charge on any atom is -0.345 e. The van der Waals surface area contributed by atoms with Crippen LogP contribution in [0.3, 0.4) is 0 Å². The van der Waals surface area contributed by atoms with Crippen molar-refractivity contribution in [1.29, 1.82) is 0 Å². The molecule has 0 radical (unpaired) electrons. The number of carbonyl (C=O) groups is 1. The number of amides is 1. The number of benzene rings is 2. The highest BCUT2D eigenvalue weighted by Gasteiger charge is 2.17. The second-order valence-electron chi connectivity index (χ2n) is 4.97. The molecule has 2 aromatic rings. The zero-order chi connectivity index (χ0) is 15.4. The highest BCUT2D eigenvalue weighted by Crippen LogP contribution is 2.20. The molecule has 0 bridgehead atoms. The summed E-state index contributed by atoms with van der Waals surface area (Å²) >= 11 is 3.38. The van der Waals surface area contributed by atoms with Crippen molar-refractivity contribution < 1.29 is 9.18 Å². The smallest absolute Gasteiger partial charge is 0.254 e. The van der Waals surface area contributed by atoms with E-state index in [2.05, 4.69) is 21.2 Å². The Bertz CT molecular complexity index is 640. The third kappa shape index (κ3) is 3.91. The van der Waals surface area contributed by atoms with E-state index in [0.29, 0.717) is 0 Å². The van der Waals surface area contributed by atoms with E-state index in [1.807, 2.05) is 38.1 Å². The maximum absolute atomic E-state index is 13.8. The summed E-state index contributed by atoms with van der Waals surface area (Å²) in [5.74, 6) is -0.880. The van der Waals surface area contributed by atoms with E-state index in [4.69, 9.17) is 0 Å². The summed E-state index contributed by atoms with van der Waals surface area (Å²) in [7, 11) is 0. The number of nitrogens with one attached hydrogen (secondary N) is 1. The van der Waals surface area contributed by atoms with Gasteiger partial charge in [-0.25, -0.2) is 4.39 Å². The molecule has 2 rings (SSSR count). The van der Waals surface area contributed by atoms with Gasteiger partial charge in [0.2, 0.25) is 0 Å². The molecule has 0 heterocycles. The largest absolute Gasteiger partial charge is 0.345 e. The molecule has 0 aromatic heterocycles.